The molecule has 0 aliphatic heterocycles. The highest BCUT2D eigenvalue weighted by Crippen LogP contribution is 2.06. The van der Waals surface area contributed by atoms with Crippen LogP contribution in [-0.2, 0) is 11.3 Å². The molecule has 1 rings (SSSR count). The van der Waals surface area contributed by atoms with Gasteiger partial charge in [0.1, 0.15) is 0 Å². The zero-order valence-electron chi connectivity index (χ0n) is 12.7. The Labute approximate surface area is 116 Å². The summed E-state index contributed by atoms with van der Waals surface area (Å²) in [5, 5.41) is 3.42. The maximum absolute atomic E-state index is 5.32. The van der Waals surface area contributed by atoms with Crippen LogP contribution in [0.3, 0.4) is 0 Å². The van der Waals surface area contributed by atoms with Crippen LogP contribution in [0.4, 0.5) is 5.95 Å². The maximum Gasteiger partial charge on any atom is 0.225 e. The van der Waals surface area contributed by atoms with Crippen LogP contribution < -0.4 is 10.2 Å². The zero-order chi connectivity index (χ0) is 14.3. The molecule has 0 saturated carbocycles. The number of ether oxygens (including phenoxy) is 1. The molecule has 0 radical (unpaired) electrons. The summed E-state index contributed by atoms with van der Waals surface area (Å²) in [5.41, 5.74) is 1.20. The highest BCUT2D eigenvalue weighted by Gasteiger charge is 2.09. The lowest BCUT2D eigenvalue weighted by atomic mass is 10.1. The van der Waals surface area contributed by atoms with Crippen molar-refractivity contribution >= 4 is 5.95 Å². The lowest BCUT2D eigenvalue weighted by Gasteiger charge is -2.21. The van der Waals surface area contributed by atoms with Gasteiger partial charge in [-0.25, -0.2) is 9.97 Å². The van der Waals surface area contributed by atoms with Gasteiger partial charge in [0.25, 0.3) is 0 Å². The number of aromatic nitrogens is 2. The fourth-order valence-corrected chi connectivity index (χ4v) is 1.45. The van der Waals surface area contributed by atoms with E-state index in [-0.39, 0.29) is 5.54 Å². The standard InChI is InChI=1S/C14H26N4O/c1-6-19-8-7-18(5)13-15-9-12(10-16-13)11-17-14(2,3)4/h9-10,17H,6-8,11H2,1-5H3. The first-order valence-corrected chi connectivity index (χ1v) is 6.77. The van der Waals surface area contributed by atoms with Crippen molar-refractivity contribution in [3.8, 4) is 0 Å². The molecule has 0 aromatic carbocycles. The fraction of sp³-hybridized carbons (Fsp3) is 0.714. The predicted octanol–water partition coefficient (Wildman–Crippen LogP) is 1.84. The molecule has 19 heavy (non-hydrogen) atoms. The Morgan fingerprint density at radius 1 is 1.26 bits per heavy atom. The summed E-state index contributed by atoms with van der Waals surface area (Å²) in [5.74, 6) is 0.735. The summed E-state index contributed by atoms with van der Waals surface area (Å²) in [6.45, 7) is 11.4. The quantitative estimate of drug-likeness (QED) is 0.763. The Morgan fingerprint density at radius 2 is 1.89 bits per heavy atom. The van der Waals surface area contributed by atoms with Gasteiger partial charge in [0.2, 0.25) is 5.95 Å². The van der Waals surface area contributed by atoms with Crippen LogP contribution in [-0.4, -0.2) is 42.3 Å². The summed E-state index contributed by atoms with van der Waals surface area (Å²) in [4.78, 5) is 10.8. The molecule has 0 fully saturated rings. The highest BCUT2D eigenvalue weighted by atomic mass is 16.5. The molecule has 1 aromatic heterocycles. The summed E-state index contributed by atoms with van der Waals surface area (Å²) in [7, 11) is 1.97. The number of rotatable bonds is 7. The van der Waals surface area contributed by atoms with Crippen molar-refractivity contribution in [1.82, 2.24) is 15.3 Å². The van der Waals surface area contributed by atoms with E-state index in [9.17, 15) is 0 Å². The van der Waals surface area contributed by atoms with Gasteiger partial charge in [-0.2, -0.15) is 0 Å². The van der Waals surface area contributed by atoms with Crippen LogP contribution in [0.2, 0.25) is 0 Å². The first-order chi connectivity index (χ1) is 8.92. The van der Waals surface area contributed by atoms with Gasteiger partial charge in [0.15, 0.2) is 0 Å². The second-order valence-electron chi connectivity index (χ2n) is 5.61. The van der Waals surface area contributed by atoms with Crippen molar-refractivity contribution in [2.75, 3.05) is 31.7 Å². The third kappa shape index (κ3) is 6.50. The molecular formula is C14H26N4O. The smallest absolute Gasteiger partial charge is 0.225 e. The van der Waals surface area contributed by atoms with Crippen molar-refractivity contribution in [2.45, 2.75) is 39.8 Å². The molecule has 0 aliphatic carbocycles. The first kappa shape index (κ1) is 15.9. The number of nitrogens with zero attached hydrogens (tertiary/aromatic N) is 3. The number of hydrogen-bond acceptors (Lipinski definition) is 5. The van der Waals surface area contributed by atoms with Gasteiger partial charge in [-0.1, -0.05) is 0 Å². The largest absolute Gasteiger partial charge is 0.380 e. The molecule has 1 aromatic rings. The average molecular weight is 266 g/mol. The molecule has 0 saturated heterocycles. The fourth-order valence-electron chi connectivity index (χ4n) is 1.45. The van der Waals surface area contributed by atoms with Crippen molar-refractivity contribution in [1.29, 1.82) is 0 Å². The number of anilines is 1. The highest BCUT2D eigenvalue weighted by molar-refractivity contribution is 5.28. The molecule has 0 unspecified atom stereocenters. The van der Waals surface area contributed by atoms with Crippen molar-refractivity contribution in [3.63, 3.8) is 0 Å². The Hall–Kier alpha value is -1.20. The Balaban J connectivity index is 2.46. The van der Waals surface area contributed by atoms with Gasteiger partial charge in [0.05, 0.1) is 6.61 Å². The molecule has 0 bridgehead atoms. The zero-order valence-corrected chi connectivity index (χ0v) is 12.7. The van der Waals surface area contributed by atoms with Crippen LogP contribution in [0.5, 0.6) is 0 Å². The van der Waals surface area contributed by atoms with Gasteiger partial charge < -0.3 is 15.0 Å². The molecule has 1 N–H and O–H groups in total. The Bertz CT molecular complexity index is 359. The molecule has 108 valence electrons. The van der Waals surface area contributed by atoms with E-state index in [1.807, 2.05) is 31.3 Å². The molecule has 0 atom stereocenters. The lowest BCUT2D eigenvalue weighted by molar-refractivity contribution is 0.154. The molecule has 5 heteroatoms. The lowest BCUT2D eigenvalue weighted by Crippen LogP contribution is -2.35. The molecule has 1 heterocycles. The molecule has 5 nitrogen and oxygen atoms in total. The van der Waals surface area contributed by atoms with Crippen LogP contribution in [0.1, 0.15) is 33.3 Å². The van der Waals surface area contributed by atoms with E-state index in [0.29, 0.717) is 6.61 Å². The van der Waals surface area contributed by atoms with Crippen LogP contribution in [0, 0.1) is 0 Å². The minimum atomic E-state index is 0.104. The van der Waals surface area contributed by atoms with Crippen molar-refractivity contribution in [2.24, 2.45) is 0 Å². The first-order valence-electron chi connectivity index (χ1n) is 6.77. The Morgan fingerprint density at radius 3 is 2.42 bits per heavy atom. The summed E-state index contributed by atoms with van der Waals surface area (Å²) in [6, 6.07) is 0. The van der Waals surface area contributed by atoms with Gasteiger partial charge in [-0.3, -0.25) is 0 Å². The van der Waals surface area contributed by atoms with E-state index in [4.69, 9.17) is 4.74 Å². The molecule has 0 amide bonds. The van der Waals surface area contributed by atoms with Crippen LogP contribution in [0.25, 0.3) is 0 Å². The van der Waals surface area contributed by atoms with E-state index < -0.39 is 0 Å². The minimum Gasteiger partial charge on any atom is -0.380 e. The minimum absolute atomic E-state index is 0.104. The van der Waals surface area contributed by atoms with Crippen molar-refractivity contribution < 1.29 is 4.74 Å². The number of hydrogen-bond donors (Lipinski definition) is 1. The van der Waals surface area contributed by atoms with Crippen LogP contribution >= 0.6 is 0 Å². The average Bonchev–Trinajstić information content (AvgIpc) is 2.36. The SMILES string of the molecule is CCOCCN(C)c1ncc(CNC(C)(C)C)cn1. The van der Waals surface area contributed by atoms with Gasteiger partial charge in [0, 0.05) is 50.2 Å². The Kier molecular flexibility index (Phi) is 6.18. The van der Waals surface area contributed by atoms with E-state index in [1.165, 1.54) is 0 Å². The third-order valence-electron chi connectivity index (χ3n) is 2.63. The maximum atomic E-state index is 5.32. The van der Waals surface area contributed by atoms with Gasteiger partial charge in [-0.15, -0.1) is 0 Å². The van der Waals surface area contributed by atoms with Crippen LogP contribution in [0.15, 0.2) is 12.4 Å². The summed E-state index contributed by atoms with van der Waals surface area (Å²) < 4.78 is 5.32. The number of nitrogens with one attached hydrogen (secondary N) is 1. The predicted molar refractivity (Wildman–Crippen MR) is 78.4 cm³/mol. The van der Waals surface area contributed by atoms with E-state index >= 15 is 0 Å². The van der Waals surface area contributed by atoms with Gasteiger partial charge in [-0.05, 0) is 27.7 Å². The normalized spacial score (nSPS) is 11.6. The summed E-state index contributed by atoms with van der Waals surface area (Å²) >= 11 is 0. The number of likely N-dealkylation sites (N-methyl/N-ethyl adjacent to an activating group) is 1. The monoisotopic (exact) mass is 266 g/mol. The third-order valence-corrected chi connectivity index (χ3v) is 2.63. The van der Waals surface area contributed by atoms with E-state index in [0.717, 1.165) is 31.2 Å². The molecular weight excluding hydrogens is 240 g/mol. The second kappa shape index (κ2) is 7.40. The topological polar surface area (TPSA) is 50.3 Å². The molecule has 0 spiro atoms. The van der Waals surface area contributed by atoms with Gasteiger partial charge >= 0.3 is 0 Å². The van der Waals surface area contributed by atoms with E-state index in [2.05, 4.69) is 36.1 Å². The summed E-state index contributed by atoms with van der Waals surface area (Å²) in [6.07, 6.45) is 3.75. The molecule has 0 aliphatic rings. The second-order valence-corrected chi connectivity index (χ2v) is 5.61. The van der Waals surface area contributed by atoms with E-state index in [1.54, 1.807) is 0 Å². The van der Waals surface area contributed by atoms with Crippen molar-refractivity contribution in [3.05, 3.63) is 18.0 Å².